The lowest BCUT2D eigenvalue weighted by molar-refractivity contribution is -0.148. The van der Waals surface area contributed by atoms with E-state index in [0.29, 0.717) is 38.6 Å². The molecule has 208 valence electrons. The Morgan fingerprint density at radius 1 is 1.03 bits per heavy atom. The first-order chi connectivity index (χ1) is 17.9. The van der Waals surface area contributed by atoms with Crippen molar-refractivity contribution >= 4 is 27.4 Å². The molecule has 0 radical (unpaired) electrons. The predicted molar refractivity (Wildman–Crippen MR) is 135 cm³/mol. The molecule has 7 nitrogen and oxygen atoms in total. The van der Waals surface area contributed by atoms with Gasteiger partial charge in [0.25, 0.3) is 0 Å². The van der Waals surface area contributed by atoms with Gasteiger partial charge in [-0.1, -0.05) is 6.07 Å². The summed E-state index contributed by atoms with van der Waals surface area (Å²) in [6.07, 6.45) is -3.52. The van der Waals surface area contributed by atoms with Crippen LogP contribution >= 0.6 is 0 Å². The van der Waals surface area contributed by atoms with E-state index >= 15 is 0 Å². The molecule has 2 aliphatic rings. The summed E-state index contributed by atoms with van der Waals surface area (Å²) < 4.78 is 87.7. The van der Waals surface area contributed by atoms with E-state index in [1.165, 1.54) is 15.3 Å². The number of anilines is 2. The highest BCUT2D eigenvalue weighted by molar-refractivity contribution is 7.89. The Hall–Kier alpha value is -2.86. The number of hydrogen-bond donors (Lipinski definition) is 0. The zero-order chi connectivity index (χ0) is 27.7. The van der Waals surface area contributed by atoms with Crippen LogP contribution in [0.1, 0.15) is 32.3 Å². The van der Waals surface area contributed by atoms with Gasteiger partial charge in [-0.15, -0.1) is 0 Å². The first-order valence-electron chi connectivity index (χ1n) is 12.6. The van der Waals surface area contributed by atoms with E-state index in [4.69, 9.17) is 4.74 Å². The highest BCUT2D eigenvalue weighted by Crippen LogP contribution is 2.38. The summed E-state index contributed by atoms with van der Waals surface area (Å²) in [5, 5.41) is 0. The first kappa shape index (κ1) is 28.2. The van der Waals surface area contributed by atoms with E-state index in [1.54, 1.807) is 26.0 Å². The van der Waals surface area contributed by atoms with E-state index in [2.05, 4.69) is 0 Å². The molecule has 12 heteroatoms. The number of piperidine rings is 1. The first-order valence-corrected chi connectivity index (χ1v) is 14.0. The lowest BCUT2D eigenvalue weighted by Gasteiger charge is -2.41. The standard InChI is InChI=1S/C26H31F4N3O4S/c1-3-37-25(34)19-9-11-31(12-10-19)21-5-4-6-22(16-21)38(35,36)33-14-13-32(17-18(33)2)24-8-7-20(27)15-23(24)26(28,29)30/h4-8,15-16,18-19H,3,9-14,17H2,1-2H3/t18-/m1/s1. The fourth-order valence-electron chi connectivity index (χ4n) is 5.14. The molecule has 0 unspecified atom stereocenters. The topological polar surface area (TPSA) is 70.2 Å². The summed E-state index contributed by atoms with van der Waals surface area (Å²) in [5.74, 6) is -1.37. The Morgan fingerprint density at radius 3 is 2.37 bits per heavy atom. The third-order valence-electron chi connectivity index (χ3n) is 7.08. The minimum Gasteiger partial charge on any atom is -0.466 e. The Kier molecular flexibility index (Phi) is 8.22. The van der Waals surface area contributed by atoms with Gasteiger partial charge in [-0.2, -0.15) is 17.5 Å². The van der Waals surface area contributed by atoms with Crippen LogP contribution in [-0.2, 0) is 25.7 Å². The molecule has 1 atom stereocenters. The molecule has 0 N–H and O–H groups in total. The van der Waals surface area contributed by atoms with Crippen LogP contribution in [0.3, 0.4) is 0 Å². The van der Waals surface area contributed by atoms with Crippen molar-refractivity contribution in [3.05, 3.63) is 53.8 Å². The quantitative estimate of drug-likeness (QED) is 0.384. The Balaban J connectivity index is 1.48. The van der Waals surface area contributed by atoms with E-state index in [9.17, 15) is 30.8 Å². The lowest BCUT2D eigenvalue weighted by Crippen LogP contribution is -2.54. The molecule has 0 amide bonds. The van der Waals surface area contributed by atoms with Crippen LogP contribution in [0.5, 0.6) is 0 Å². The zero-order valence-electron chi connectivity index (χ0n) is 21.2. The second-order valence-corrected chi connectivity index (χ2v) is 11.5. The number of esters is 1. The summed E-state index contributed by atoms with van der Waals surface area (Å²) in [7, 11) is -3.93. The molecule has 4 rings (SSSR count). The van der Waals surface area contributed by atoms with Gasteiger partial charge in [-0.25, -0.2) is 12.8 Å². The normalized spacial score (nSPS) is 20.0. The Labute approximate surface area is 220 Å². The van der Waals surface area contributed by atoms with Gasteiger partial charge in [-0.05, 0) is 63.1 Å². The predicted octanol–water partition coefficient (Wildman–Crippen LogP) is 4.52. The number of carbonyl (C=O) groups is 1. The minimum atomic E-state index is -4.74. The highest BCUT2D eigenvalue weighted by atomic mass is 32.2. The van der Waals surface area contributed by atoms with E-state index in [-0.39, 0.29) is 42.1 Å². The van der Waals surface area contributed by atoms with Crippen LogP contribution < -0.4 is 9.80 Å². The van der Waals surface area contributed by atoms with Gasteiger partial charge < -0.3 is 14.5 Å². The minimum absolute atomic E-state index is 0.0205. The van der Waals surface area contributed by atoms with Crippen molar-refractivity contribution < 1.29 is 35.5 Å². The molecule has 0 saturated carbocycles. The average Bonchev–Trinajstić information content (AvgIpc) is 2.88. The molecule has 2 fully saturated rings. The SMILES string of the molecule is CCOC(=O)C1CCN(c2cccc(S(=O)(=O)N3CCN(c4ccc(F)cc4C(F)(F)F)C[C@H]3C)c2)CC1. The molecular formula is C26H31F4N3O4S. The third kappa shape index (κ3) is 5.90. The number of halogens is 4. The smallest absolute Gasteiger partial charge is 0.418 e. The molecule has 2 aliphatic heterocycles. The van der Waals surface area contributed by atoms with Gasteiger partial charge in [-0.3, -0.25) is 4.79 Å². The molecule has 0 aliphatic carbocycles. The number of sulfonamides is 1. The molecule has 38 heavy (non-hydrogen) atoms. The second kappa shape index (κ2) is 11.1. The van der Waals surface area contributed by atoms with Crippen LogP contribution in [0.15, 0.2) is 47.4 Å². The molecule has 2 saturated heterocycles. The van der Waals surface area contributed by atoms with Crippen LogP contribution in [-0.4, -0.2) is 64.1 Å². The molecule has 0 aromatic heterocycles. The zero-order valence-corrected chi connectivity index (χ0v) is 22.1. The van der Waals surface area contributed by atoms with Crippen LogP contribution in [0, 0.1) is 11.7 Å². The largest absolute Gasteiger partial charge is 0.466 e. The van der Waals surface area contributed by atoms with Crippen molar-refractivity contribution in [1.82, 2.24) is 4.31 Å². The number of nitrogens with zero attached hydrogens (tertiary/aromatic N) is 3. The average molecular weight is 558 g/mol. The van der Waals surface area contributed by atoms with Gasteiger partial charge in [0, 0.05) is 50.1 Å². The number of hydrogen-bond acceptors (Lipinski definition) is 6. The summed E-state index contributed by atoms with van der Waals surface area (Å²) in [5.41, 5.74) is -0.530. The maximum absolute atomic E-state index is 13.6. The van der Waals surface area contributed by atoms with Crippen molar-refractivity contribution in [3.8, 4) is 0 Å². The van der Waals surface area contributed by atoms with Crippen molar-refractivity contribution in [1.29, 1.82) is 0 Å². The Morgan fingerprint density at radius 2 is 1.74 bits per heavy atom. The lowest BCUT2D eigenvalue weighted by atomic mass is 9.96. The van der Waals surface area contributed by atoms with Crippen LogP contribution in [0.4, 0.5) is 28.9 Å². The summed E-state index contributed by atoms with van der Waals surface area (Å²) in [6, 6.07) is 8.48. The van der Waals surface area contributed by atoms with Crippen LogP contribution in [0.2, 0.25) is 0 Å². The van der Waals surface area contributed by atoms with Crippen molar-refractivity contribution in [3.63, 3.8) is 0 Å². The van der Waals surface area contributed by atoms with Gasteiger partial charge in [0.15, 0.2) is 0 Å². The maximum atomic E-state index is 13.6. The van der Waals surface area contributed by atoms with Gasteiger partial charge in [0.2, 0.25) is 10.0 Å². The van der Waals surface area contributed by atoms with Crippen molar-refractivity contribution in [2.45, 2.75) is 43.8 Å². The van der Waals surface area contributed by atoms with Gasteiger partial charge in [0.05, 0.1) is 23.0 Å². The number of alkyl halides is 3. The highest BCUT2D eigenvalue weighted by Gasteiger charge is 2.39. The number of rotatable bonds is 6. The summed E-state index contributed by atoms with van der Waals surface area (Å²) in [6.45, 7) is 4.94. The fourth-order valence-corrected chi connectivity index (χ4v) is 6.79. The van der Waals surface area contributed by atoms with Gasteiger partial charge >= 0.3 is 12.1 Å². The number of benzene rings is 2. The van der Waals surface area contributed by atoms with E-state index in [0.717, 1.165) is 17.8 Å². The number of ether oxygens (including phenoxy) is 1. The molecular weight excluding hydrogens is 526 g/mol. The third-order valence-corrected chi connectivity index (χ3v) is 9.09. The molecule has 0 bridgehead atoms. The molecule has 2 aromatic carbocycles. The molecule has 2 heterocycles. The summed E-state index contributed by atoms with van der Waals surface area (Å²) in [4.78, 5) is 15.6. The number of piperazine rings is 1. The molecule has 2 aromatic rings. The second-order valence-electron chi connectivity index (χ2n) is 9.58. The van der Waals surface area contributed by atoms with Crippen molar-refractivity contribution in [2.75, 3.05) is 49.1 Å². The van der Waals surface area contributed by atoms with Crippen LogP contribution in [0.25, 0.3) is 0 Å². The maximum Gasteiger partial charge on any atom is 0.418 e. The molecule has 0 spiro atoms. The van der Waals surface area contributed by atoms with E-state index in [1.807, 2.05) is 11.0 Å². The van der Waals surface area contributed by atoms with Gasteiger partial charge in [0.1, 0.15) is 5.82 Å². The monoisotopic (exact) mass is 557 g/mol. The number of carbonyl (C=O) groups excluding carboxylic acids is 1. The van der Waals surface area contributed by atoms with Crippen molar-refractivity contribution in [2.24, 2.45) is 5.92 Å². The Bertz CT molecular complexity index is 1260. The fraction of sp³-hybridized carbons (Fsp3) is 0.500. The van der Waals surface area contributed by atoms with E-state index < -0.39 is 33.6 Å². The summed E-state index contributed by atoms with van der Waals surface area (Å²) >= 11 is 0.